The Morgan fingerprint density at radius 3 is 2.02 bits per heavy atom. The Kier molecular flexibility index (Phi) is 9.83. The lowest BCUT2D eigenvalue weighted by atomic mass is 9.98. The summed E-state index contributed by atoms with van der Waals surface area (Å²) in [6.07, 6.45) is -15.4. The Bertz CT molecular complexity index is 1520. The number of fused-ring (bicyclic) bond motifs is 1. The predicted octanol–water partition coefficient (Wildman–Crippen LogP) is -0.484. The fraction of sp³-hybridized carbons (Fsp3) is 0.500. The first-order valence-electron chi connectivity index (χ1n) is 14.0. The molecule has 45 heavy (non-hydrogen) atoms. The summed E-state index contributed by atoms with van der Waals surface area (Å²) in [7, 11) is 4.29. The van der Waals surface area contributed by atoms with Crippen molar-refractivity contribution in [2.45, 2.75) is 68.3 Å². The van der Waals surface area contributed by atoms with Gasteiger partial charge in [-0.1, -0.05) is 0 Å². The van der Waals surface area contributed by atoms with Gasteiger partial charge in [0.1, 0.15) is 70.9 Å². The summed E-state index contributed by atoms with van der Waals surface area (Å²) in [5.74, 6) is 0.535. The second kappa shape index (κ2) is 13.5. The third kappa shape index (κ3) is 6.31. The Labute approximate surface area is 256 Å². The van der Waals surface area contributed by atoms with Gasteiger partial charge in [-0.15, -0.1) is 0 Å². The van der Waals surface area contributed by atoms with Crippen molar-refractivity contribution in [3.63, 3.8) is 0 Å². The molecule has 0 amide bonds. The van der Waals surface area contributed by atoms with Crippen molar-refractivity contribution in [1.82, 2.24) is 0 Å². The van der Waals surface area contributed by atoms with Crippen LogP contribution in [0.15, 0.2) is 45.6 Å². The third-order valence-corrected chi connectivity index (χ3v) is 7.83. The fourth-order valence-electron chi connectivity index (χ4n) is 5.17. The number of hydrogen-bond acceptors (Lipinski definition) is 15. The Balaban J connectivity index is 1.49. The van der Waals surface area contributed by atoms with Gasteiger partial charge < -0.3 is 68.2 Å². The number of ether oxygens (including phenoxy) is 7. The van der Waals surface area contributed by atoms with Gasteiger partial charge in [0.2, 0.25) is 17.5 Å². The van der Waals surface area contributed by atoms with E-state index in [0.717, 1.165) is 0 Å². The molecule has 2 fully saturated rings. The molecule has 3 heterocycles. The van der Waals surface area contributed by atoms with Crippen LogP contribution in [0.3, 0.4) is 0 Å². The first-order valence-corrected chi connectivity index (χ1v) is 14.0. The lowest BCUT2D eigenvalue weighted by Crippen LogP contribution is -2.61. The molecule has 0 radical (unpaired) electrons. The van der Waals surface area contributed by atoms with Crippen LogP contribution in [0.4, 0.5) is 0 Å². The highest BCUT2D eigenvalue weighted by Crippen LogP contribution is 2.38. The van der Waals surface area contributed by atoms with Gasteiger partial charge >= 0.3 is 0 Å². The highest BCUT2D eigenvalue weighted by molar-refractivity contribution is 5.88. The molecule has 2 aromatic carbocycles. The number of rotatable bonds is 9. The molecule has 0 aliphatic carbocycles. The van der Waals surface area contributed by atoms with Crippen molar-refractivity contribution in [2.24, 2.45) is 0 Å². The van der Waals surface area contributed by atoms with E-state index < -0.39 is 79.2 Å². The van der Waals surface area contributed by atoms with Crippen LogP contribution in [0, 0.1) is 0 Å². The molecule has 15 heteroatoms. The molecule has 5 rings (SSSR count). The maximum absolute atomic E-state index is 14.0. The van der Waals surface area contributed by atoms with Crippen LogP contribution in [0.5, 0.6) is 23.0 Å². The minimum absolute atomic E-state index is 0.00497. The highest BCUT2D eigenvalue weighted by Gasteiger charge is 2.47. The van der Waals surface area contributed by atoms with E-state index in [2.05, 4.69) is 0 Å². The zero-order chi connectivity index (χ0) is 32.6. The molecular formula is C30H36O15. The van der Waals surface area contributed by atoms with Crippen LogP contribution in [-0.4, -0.2) is 120 Å². The largest absolute Gasteiger partial charge is 0.497 e. The monoisotopic (exact) mass is 636 g/mol. The summed E-state index contributed by atoms with van der Waals surface area (Å²) in [5, 5.41) is 62.4. The van der Waals surface area contributed by atoms with Gasteiger partial charge in [0, 0.05) is 17.7 Å². The molecule has 3 aromatic rings. The second-order valence-corrected chi connectivity index (χ2v) is 10.7. The fourth-order valence-corrected chi connectivity index (χ4v) is 5.17. The summed E-state index contributed by atoms with van der Waals surface area (Å²) in [6, 6.07) is 9.47. The van der Waals surface area contributed by atoms with Gasteiger partial charge in [0.05, 0.1) is 34.0 Å². The van der Waals surface area contributed by atoms with Crippen molar-refractivity contribution in [3.8, 4) is 34.3 Å². The number of hydrogen-bond donors (Lipinski definition) is 6. The summed E-state index contributed by atoms with van der Waals surface area (Å²) in [6.45, 7) is 0.944. The van der Waals surface area contributed by atoms with E-state index in [1.54, 1.807) is 24.3 Å². The van der Waals surface area contributed by atoms with E-state index in [0.29, 0.717) is 17.1 Å². The van der Waals surface area contributed by atoms with Crippen molar-refractivity contribution >= 4 is 11.0 Å². The second-order valence-electron chi connectivity index (χ2n) is 10.7. The van der Waals surface area contributed by atoms with E-state index in [9.17, 15) is 35.4 Å². The van der Waals surface area contributed by atoms with Gasteiger partial charge in [-0.25, -0.2) is 0 Å². The van der Waals surface area contributed by atoms with Gasteiger partial charge in [-0.2, -0.15) is 0 Å². The molecule has 10 atom stereocenters. The van der Waals surface area contributed by atoms with E-state index in [1.165, 1.54) is 40.4 Å². The molecule has 15 nitrogen and oxygen atoms in total. The van der Waals surface area contributed by atoms with Crippen LogP contribution in [0.2, 0.25) is 0 Å². The van der Waals surface area contributed by atoms with E-state index in [-0.39, 0.29) is 22.5 Å². The molecule has 2 saturated heterocycles. The number of aliphatic hydroxyl groups excluding tert-OH is 6. The first-order chi connectivity index (χ1) is 21.5. The number of benzene rings is 2. The molecule has 1 aromatic heterocycles. The average molecular weight is 637 g/mol. The molecule has 0 saturated carbocycles. The zero-order valence-electron chi connectivity index (χ0n) is 24.8. The Morgan fingerprint density at radius 1 is 0.733 bits per heavy atom. The molecule has 2 aliphatic heterocycles. The van der Waals surface area contributed by atoms with Gasteiger partial charge in [0.15, 0.2) is 12.1 Å². The van der Waals surface area contributed by atoms with Crippen LogP contribution < -0.4 is 24.4 Å². The molecule has 0 bridgehead atoms. The van der Waals surface area contributed by atoms with Crippen molar-refractivity contribution < 1.29 is 68.2 Å². The normalized spacial score (nSPS) is 31.9. The quantitative estimate of drug-likeness (QED) is 0.175. The number of aliphatic hydroxyl groups is 6. The smallest absolute Gasteiger partial charge is 0.239 e. The minimum atomic E-state index is -1.85. The summed E-state index contributed by atoms with van der Waals surface area (Å²) < 4.78 is 44.7. The SMILES string of the molecule is COc1ccc(-c2oc3cc(OC)cc(OC)c3c(=O)c2OC2OC(COC3OC(C)C(O)C(O)C3O)C(O)C(O)C2O)cc1. The highest BCUT2D eigenvalue weighted by atomic mass is 16.7. The van der Waals surface area contributed by atoms with Crippen molar-refractivity contribution in [1.29, 1.82) is 0 Å². The number of methoxy groups -OCH3 is 3. The molecule has 10 unspecified atom stereocenters. The maximum Gasteiger partial charge on any atom is 0.239 e. The standard InChI is InChI=1S/C30H36O15/c1-12-20(31)23(34)25(36)29(42-12)41-11-18-21(32)24(35)26(37)30(44-18)45-28-22(33)19-16(40-4)9-15(39-3)10-17(19)43-27(28)13-5-7-14(38-2)8-6-13/h5-10,12,18,20-21,23-26,29-32,34-37H,11H2,1-4H3. The van der Waals surface area contributed by atoms with E-state index in [4.69, 9.17) is 37.6 Å². The van der Waals surface area contributed by atoms with Crippen LogP contribution in [0.1, 0.15) is 6.92 Å². The molecule has 246 valence electrons. The van der Waals surface area contributed by atoms with Gasteiger partial charge in [-0.05, 0) is 31.2 Å². The third-order valence-electron chi connectivity index (χ3n) is 7.83. The Hall–Kier alpha value is -3.51. The van der Waals surface area contributed by atoms with Crippen LogP contribution in [0.25, 0.3) is 22.3 Å². The predicted molar refractivity (Wildman–Crippen MR) is 153 cm³/mol. The molecular weight excluding hydrogens is 600 g/mol. The van der Waals surface area contributed by atoms with E-state index in [1.807, 2.05) is 0 Å². The zero-order valence-corrected chi connectivity index (χ0v) is 24.8. The van der Waals surface area contributed by atoms with Gasteiger partial charge in [-0.3, -0.25) is 4.79 Å². The molecule has 2 aliphatic rings. The van der Waals surface area contributed by atoms with Crippen LogP contribution >= 0.6 is 0 Å². The molecule has 6 N–H and O–H groups in total. The van der Waals surface area contributed by atoms with E-state index >= 15 is 0 Å². The maximum atomic E-state index is 14.0. The lowest BCUT2D eigenvalue weighted by Gasteiger charge is -2.42. The first kappa shape index (κ1) is 32.9. The summed E-state index contributed by atoms with van der Waals surface area (Å²) in [4.78, 5) is 14.0. The van der Waals surface area contributed by atoms with Crippen molar-refractivity contribution in [2.75, 3.05) is 27.9 Å². The molecule has 0 spiro atoms. The summed E-state index contributed by atoms with van der Waals surface area (Å²) >= 11 is 0. The summed E-state index contributed by atoms with van der Waals surface area (Å²) in [5.41, 5.74) is -0.213. The lowest BCUT2D eigenvalue weighted by molar-refractivity contribution is -0.318. The van der Waals surface area contributed by atoms with Gasteiger partial charge in [0.25, 0.3) is 0 Å². The Morgan fingerprint density at radius 2 is 1.38 bits per heavy atom. The minimum Gasteiger partial charge on any atom is -0.497 e. The van der Waals surface area contributed by atoms with Crippen molar-refractivity contribution in [3.05, 3.63) is 46.6 Å². The average Bonchev–Trinajstić information content (AvgIpc) is 3.05. The topological polar surface area (TPSA) is 216 Å². The van der Waals surface area contributed by atoms with Crippen LogP contribution in [-0.2, 0) is 14.2 Å².